The predicted molar refractivity (Wildman–Crippen MR) is 67.2 cm³/mol. The van der Waals surface area contributed by atoms with Crippen LogP contribution in [0, 0.1) is 12.8 Å². The first-order valence-corrected chi connectivity index (χ1v) is 5.91. The fourth-order valence-corrected chi connectivity index (χ4v) is 1.56. The van der Waals surface area contributed by atoms with E-state index in [-0.39, 0.29) is 17.9 Å². The third kappa shape index (κ3) is 3.37. The molecule has 0 bridgehead atoms. The number of amides is 1. The van der Waals surface area contributed by atoms with Crippen molar-refractivity contribution in [3.05, 3.63) is 35.4 Å². The number of benzene rings is 1. The van der Waals surface area contributed by atoms with Gasteiger partial charge in [-0.15, -0.1) is 0 Å². The van der Waals surface area contributed by atoms with E-state index in [2.05, 4.69) is 43.4 Å². The third-order valence-electron chi connectivity index (χ3n) is 2.73. The summed E-state index contributed by atoms with van der Waals surface area (Å²) in [6.45, 7) is 7.98. The van der Waals surface area contributed by atoms with Gasteiger partial charge in [-0.2, -0.15) is 0 Å². The zero-order chi connectivity index (χ0) is 12.1. The molecule has 0 spiro atoms. The van der Waals surface area contributed by atoms with Crippen molar-refractivity contribution >= 4 is 5.91 Å². The highest BCUT2D eigenvalue weighted by atomic mass is 16.1. The van der Waals surface area contributed by atoms with Crippen LogP contribution in [0.15, 0.2) is 24.3 Å². The van der Waals surface area contributed by atoms with Gasteiger partial charge < -0.3 is 5.32 Å². The highest BCUT2D eigenvalue weighted by Crippen LogP contribution is 2.17. The van der Waals surface area contributed by atoms with Crippen LogP contribution in [0.2, 0.25) is 0 Å². The van der Waals surface area contributed by atoms with Gasteiger partial charge in [0.25, 0.3) is 0 Å². The summed E-state index contributed by atoms with van der Waals surface area (Å²) in [4.78, 5) is 11.6. The average Bonchev–Trinajstić information content (AvgIpc) is 2.26. The second-order valence-electron chi connectivity index (χ2n) is 4.53. The molecular formula is C14H21NO. The standard InChI is InChI=1S/C14H21NO/c1-5-13(15-14(16)10(2)3)12-8-6-11(4)7-9-12/h6-10,13H,5H2,1-4H3,(H,15,16). The fraction of sp³-hybridized carbons (Fsp3) is 0.500. The van der Waals surface area contributed by atoms with Gasteiger partial charge in [0.05, 0.1) is 6.04 Å². The van der Waals surface area contributed by atoms with Crippen molar-refractivity contribution in [1.82, 2.24) is 5.32 Å². The van der Waals surface area contributed by atoms with Crippen molar-refractivity contribution in [2.75, 3.05) is 0 Å². The van der Waals surface area contributed by atoms with Gasteiger partial charge in [0.15, 0.2) is 0 Å². The zero-order valence-corrected chi connectivity index (χ0v) is 10.6. The smallest absolute Gasteiger partial charge is 0.223 e. The maximum Gasteiger partial charge on any atom is 0.223 e. The van der Waals surface area contributed by atoms with E-state index in [0.717, 1.165) is 6.42 Å². The van der Waals surface area contributed by atoms with E-state index in [0.29, 0.717) is 0 Å². The SMILES string of the molecule is CCC(NC(=O)C(C)C)c1ccc(C)cc1. The molecule has 0 radical (unpaired) electrons. The minimum Gasteiger partial charge on any atom is -0.349 e. The molecule has 0 aliphatic heterocycles. The van der Waals surface area contributed by atoms with Crippen LogP contribution in [0.1, 0.15) is 44.4 Å². The van der Waals surface area contributed by atoms with Gasteiger partial charge in [-0.05, 0) is 18.9 Å². The van der Waals surface area contributed by atoms with E-state index < -0.39 is 0 Å². The molecule has 0 aromatic heterocycles. The van der Waals surface area contributed by atoms with Gasteiger partial charge >= 0.3 is 0 Å². The maximum atomic E-state index is 11.6. The summed E-state index contributed by atoms with van der Waals surface area (Å²) in [5.41, 5.74) is 2.43. The molecular weight excluding hydrogens is 198 g/mol. The van der Waals surface area contributed by atoms with E-state index >= 15 is 0 Å². The van der Waals surface area contributed by atoms with Gasteiger partial charge in [0.2, 0.25) is 5.91 Å². The van der Waals surface area contributed by atoms with Crippen molar-refractivity contribution < 1.29 is 4.79 Å². The summed E-state index contributed by atoms with van der Waals surface area (Å²) in [5.74, 6) is 0.159. The lowest BCUT2D eigenvalue weighted by molar-refractivity contribution is -0.124. The molecule has 16 heavy (non-hydrogen) atoms. The largest absolute Gasteiger partial charge is 0.349 e. The summed E-state index contributed by atoms with van der Waals surface area (Å²) in [5, 5.41) is 3.06. The van der Waals surface area contributed by atoms with Gasteiger partial charge in [0, 0.05) is 5.92 Å². The van der Waals surface area contributed by atoms with Crippen molar-refractivity contribution in [2.45, 2.75) is 40.2 Å². The quantitative estimate of drug-likeness (QED) is 0.827. The first-order chi connectivity index (χ1) is 7.54. The Morgan fingerprint density at radius 2 is 1.81 bits per heavy atom. The Morgan fingerprint density at radius 3 is 2.25 bits per heavy atom. The van der Waals surface area contributed by atoms with Crippen molar-refractivity contribution in [3.8, 4) is 0 Å². The Hall–Kier alpha value is -1.31. The van der Waals surface area contributed by atoms with Crippen molar-refractivity contribution in [1.29, 1.82) is 0 Å². The minimum atomic E-state index is 0.0412. The normalized spacial score (nSPS) is 12.6. The molecule has 2 heteroatoms. The molecule has 1 atom stereocenters. The van der Waals surface area contributed by atoms with Gasteiger partial charge in [-0.1, -0.05) is 50.6 Å². The number of hydrogen-bond acceptors (Lipinski definition) is 1. The second-order valence-corrected chi connectivity index (χ2v) is 4.53. The average molecular weight is 219 g/mol. The van der Waals surface area contributed by atoms with Crippen molar-refractivity contribution in [3.63, 3.8) is 0 Å². The van der Waals surface area contributed by atoms with Gasteiger partial charge in [-0.25, -0.2) is 0 Å². The topological polar surface area (TPSA) is 29.1 Å². The molecule has 0 saturated heterocycles. The Morgan fingerprint density at radius 1 is 1.25 bits per heavy atom. The van der Waals surface area contributed by atoms with Crippen LogP contribution in [0.25, 0.3) is 0 Å². The lowest BCUT2D eigenvalue weighted by Crippen LogP contribution is -2.31. The monoisotopic (exact) mass is 219 g/mol. The molecule has 0 fully saturated rings. The van der Waals surface area contributed by atoms with E-state index in [1.54, 1.807) is 0 Å². The van der Waals surface area contributed by atoms with Crippen LogP contribution < -0.4 is 5.32 Å². The molecule has 2 nitrogen and oxygen atoms in total. The third-order valence-corrected chi connectivity index (χ3v) is 2.73. The predicted octanol–water partition coefficient (Wildman–Crippen LogP) is 3.22. The van der Waals surface area contributed by atoms with Crippen LogP contribution in [0.3, 0.4) is 0 Å². The van der Waals surface area contributed by atoms with E-state index in [1.807, 2.05) is 13.8 Å². The van der Waals surface area contributed by atoms with Crippen LogP contribution in [-0.2, 0) is 4.79 Å². The van der Waals surface area contributed by atoms with Crippen LogP contribution >= 0.6 is 0 Å². The molecule has 1 aromatic rings. The first-order valence-electron chi connectivity index (χ1n) is 5.91. The van der Waals surface area contributed by atoms with Crippen LogP contribution in [0.4, 0.5) is 0 Å². The Kier molecular flexibility index (Phi) is 4.53. The maximum absolute atomic E-state index is 11.6. The molecule has 88 valence electrons. The lowest BCUT2D eigenvalue weighted by atomic mass is 10.0. The molecule has 0 aliphatic rings. The molecule has 1 aromatic carbocycles. The highest BCUT2D eigenvalue weighted by Gasteiger charge is 2.14. The van der Waals surface area contributed by atoms with E-state index in [1.165, 1.54) is 11.1 Å². The first kappa shape index (κ1) is 12.8. The van der Waals surface area contributed by atoms with Crippen molar-refractivity contribution in [2.24, 2.45) is 5.92 Å². The highest BCUT2D eigenvalue weighted by molar-refractivity contribution is 5.78. The molecule has 1 N–H and O–H groups in total. The number of nitrogens with one attached hydrogen (secondary N) is 1. The summed E-state index contributed by atoms with van der Waals surface area (Å²) in [6.07, 6.45) is 0.918. The number of hydrogen-bond donors (Lipinski definition) is 1. The lowest BCUT2D eigenvalue weighted by Gasteiger charge is -2.19. The summed E-state index contributed by atoms with van der Waals surface area (Å²) in [6, 6.07) is 8.48. The molecule has 0 heterocycles. The Bertz CT molecular complexity index is 340. The van der Waals surface area contributed by atoms with Gasteiger partial charge in [-0.3, -0.25) is 4.79 Å². The second kappa shape index (κ2) is 5.69. The van der Waals surface area contributed by atoms with Crippen LogP contribution in [0.5, 0.6) is 0 Å². The number of rotatable bonds is 4. The molecule has 0 aliphatic carbocycles. The Labute approximate surface area is 98.1 Å². The number of carbonyl (C=O) groups is 1. The van der Waals surface area contributed by atoms with E-state index in [9.17, 15) is 4.79 Å². The summed E-state index contributed by atoms with van der Waals surface area (Å²) in [7, 11) is 0. The zero-order valence-electron chi connectivity index (χ0n) is 10.6. The number of carbonyl (C=O) groups excluding carboxylic acids is 1. The van der Waals surface area contributed by atoms with Crippen LogP contribution in [-0.4, -0.2) is 5.91 Å². The molecule has 1 unspecified atom stereocenters. The van der Waals surface area contributed by atoms with Gasteiger partial charge in [0.1, 0.15) is 0 Å². The molecule has 1 amide bonds. The fourth-order valence-electron chi connectivity index (χ4n) is 1.56. The molecule has 1 rings (SSSR count). The van der Waals surface area contributed by atoms with E-state index in [4.69, 9.17) is 0 Å². The number of aryl methyl sites for hydroxylation is 1. The minimum absolute atomic E-state index is 0.0412. The summed E-state index contributed by atoms with van der Waals surface area (Å²) >= 11 is 0. The Balaban J connectivity index is 2.74. The summed E-state index contributed by atoms with van der Waals surface area (Å²) < 4.78 is 0. The molecule has 0 saturated carbocycles.